The molecular weight excluding hydrogens is 234 g/mol. The van der Waals surface area contributed by atoms with E-state index in [1.54, 1.807) is 0 Å². The molecule has 0 saturated heterocycles. The molecule has 1 rings (SSSR count). The van der Waals surface area contributed by atoms with E-state index in [0.29, 0.717) is 5.56 Å². The number of amides is 1. The fourth-order valence-electron chi connectivity index (χ4n) is 2.43. The third-order valence-corrected chi connectivity index (χ3v) is 3.58. The van der Waals surface area contributed by atoms with Gasteiger partial charge in [-0.2, -0.15) is 0 Å². The maximum atomic E-state index is 11.3. The molecule has 0 atom stereocenters. The van der Waals surface area contributed by atoms with Crippen LogP contribution in [0.1, 0.15) is 74.2 Å². The number of hydrogen-bond donors (Lipinski definition) is 1. The van der Waals surface area contributed by atoms with Gasteiger partial charge in [0.25, 0.3) is 0 Å². The highest BCUT2D eigenvalue weighted by molar-refractivity contribution is 5.94. The fourth-order valence-corrected chi connectivity index (χ4v) is 2.43. The second kappa shape index (κ2) is 9.60. The maximum absolute atomic E-state index is 11.3. The third kappa shape index (κ3) is 6.42. The molecule has 0 fully saturated rings. The molecule has 19 heavy (non-hydrogen) atoms. The first-order valence-electron chi connectivity index (χ1n) is 7.63. The van der Waals surface area contributed by atoms with Gasteiger partial charge in [-0.05, 0) is 24.5 Å². The molecule has 0 spiro atoms. The minimum absolute atomic E-state index is 0.310. The van der Waals surface area contributed by atoms with Gasteiger partial charge in [0.05, 0.1) is 0 Å². The van der Waals surface area contributed by atoms with Crippen molar-refractivity contribution in [3.63, 3.8) is 0 Å². The smallest absolute Gasteiger partial charge is 0.248 e. The molecule has 0 aliphatic carbocycles. The van der Waals surface area contributed by atoms with Crippen LogP contribution in [0.3, 0.4) is 0 Å². The maximum Gasteiger partial charge on any atom is 0.248 e. The van der Waals surface area contributed by atoms with Gasteiger partial charge in [-0.15, -0.1) is 0 Å². The lowest BCUT2D eigenvalue weighted by atomic mass is 10.00. The third-order valence-electron chi connectivity index (χ3n) is 3.58. The summed E-state index contributed by atoms with van der Waals surface area (Å²) in [4.78, 5) is 11.3. The molecule has 1 aromatic rings. The van der Waals surface area contributed by atoms with Crippen molar-refractivity contribution in [3.8, 4) is 0 Å². The first-order valence-corrected chi connectivity index (χ1v) is 7.63. The summed E-state index contributed by atoms with van der Waals surface area (Å²) >= 11 is 0. The summed E-state index contributed by atoms with van der Waals surface area (Å²) < 4.78 is 0. The lowest BCUT2D eigenvalue weighted by Gasteiger charge is -2.06. The Labute approximate surface area is 117 Å². The van der Waals surface area contributed by atoms with Gasteiger partial charge in [0.2, 0.25) is 5.91 Å². The minimum atomic E-state index is -0.310. The molecule has 0 bridgehead atoms. The van der Waals surface area contributed by atoms with Gasteiger partial charge in [-0.3, -0.25) is 4.79 Å². The van der Waals surface area contributed by atoms with Crippen molar-refractivity contribution < 1.29 is 4.79 Å². The highest BCUT2D eigenvalue weighted by Crippen LogP contribution is 2.14. The number of primary amides is 1. The second-order valence-electron chi connectivity index (χ2n) is 5.25. The van der Waals surface area contributed by atoms with E-state index in [-0.39, 0.29) is 5.91 Å². The Morgan fingerprint density at radius 2 is 1.53 bits per heavy atom. The monoisotopic (exact) mass is 261 g/mol. The van der Waals surface area contributed by atoms with Gasteiger partial charge in [-0.1, -0.05) is 70.1 Å². The number of aryl methyl sites for hydroxylation is 1. The van der Waals surface area contributed by atoms with Gasteiger partial charge in [0.1, 0.15) is 0 Å². The molecule has 0 unspecified atom stereocenters. The van der Waals surface area contributed by atoms with E-state index < -0.39 is 0 Å². The molecule has 0 radical (unpaired) electrons. The van der Waals surface area contributed by atoms with Crippen LogP contribution in [0.4, 0.5) is 0 Å². The Balaban J connectivity index is 2.17. The number of unbranched alkanes of at least 4 members (excludes halogenated alkanes) is 7. The predicted octanol–water partition coefficient (Wildman–Crippen LogP) is 4.47. The van der Waals surface area contributed by atoms with Crippen molar-refractivity contribution in [2.24, 2.45) is 5.73 Å². The van der Waals surface area contributed by atoms with Crippen LogP contribution in [0, 0.1) is 0 Å². The zero-order valence-corrected chi connectivity index (χ0v) is 12.2. The van der Waals surface area contributed by atoms with Crippen molar-refractivity contribution in [2.45, 2.75) is 64.7 Å². The van der Waals surface area contributed by atoms with E-state index in [0.717, 1.165) is 18.4 Å². The summed E-state index contributed by atoms with van der Waals surface area (Å²) in [6, 6.07) is 7.69. The second-order valence-corrected chi connectivity index (χ2v) is 5.25. The van der Waals surface area contributed by atoms with E-state index in [2.05, 4.69) is 6.92 Å². The first kappa shape index (κ1) is 15.7. The first-order chi connectivity index (χ1) is 9.25. The van der Waals surface area contributed by atoms with Gasteiger partial charge in [0, 0.05) is 5.56 Å². The number of carbonyl (C=O) groups excluding carboxylic acids is 1. The van der Waals surface area contributed by atoms with Crippen LogP contribution in [0.25, 0.3) is 0 Å². The Kier molecular flexibility index (Phi) is 7.95. The standard InChI is InChI=1S/C17H27NO/c1-2-3-4-5-6-7-8-9-12-15-13-10-11-14-16(15)17(18)19/h10-11,13-14H,2-9,12H2,1H3,(H2,18,19). The number of rotatable bonds is 10. The number of nitrogens with two attached hydrogens (primary N) is 1. The van der Waals surface area contributed by atoms with E-state index >= 15 is 0 Å². The van der Waals surface area contributed by atoms with Crippen molar-refractivity contribution in [1.29, 1.82) is 0 Å². The molecule has 0 aromatic heterocycles. The fraction of sp³-hybridized carbons (Fsp3) is 0.588. The highest BCUT2D eigenvalue weighted by atomic mass is 16.1. The van der Waals surface area contributed by atoms with E-state index in [4.69, 9.17) is 5.73 Å². The molecule has 106 valence electrons. The summed E-state index contributed by atoms with van der Waals surface area (Å²) in [5, 5.41) is 0. The Bertz CT molecular complexity index is 373. The molecule has 0 aliphatic heterocycles. The van der Waals surface area contributed by atoms with Gasteiger partial charge >= 0.3 is 0 Å². The van der Waals surface area contributed by atoms with Crippen LogP contribution < -0.4 is 5.73 Å². The molecule has 2 heteroatoms. The largest absolute Gasteiger partial charge is 0.366 e. The van der Waals surface area contributed by atoms with Gasteiger partial charge in [-0.25, -0.2) is 0 Å². The van der Waals surface area contributed by atoms with Gasteiger partial charge < -0.3 is 5.73 Å². The summed E-state index contributed by atoms with van der Waals surface area (Å²) in [6.45, 7) is 2.25. The van der Waals surface area contributed by atoms with E-state index in [1.165, 1.54) is 44.9 Å². The molecular formula is C17H27NO. The van der Waals surface area contributed by atoms with E-state index in [9.17, 15) is 4.79 Å². The SMILES string of the molecule is CCCCCCCCCCc1ccccc1C(N)=O. The molecule has 2 N–H and O–H groups in total. The summed E-state index contributed by atoms with van der Waals surface area (Å²) in [6.07, 6.45) is 11.4. The average molecular weight is 261 g/mol. The summed E-state index contributed by atoms with van der Waals surface area (Å²) in [5.74, 6) is -0.310. The number of carbonyl (C=O) groups is 1. The summed E-state index contributed by atoms with van der Waals surface area (Å²) in [7, 11) is 0. The quantitative estimate of drug-likeness (QED) is 0.620. The minimum Gasteiger partial charge on any atom is -0.366 e. The lowest BCUT2D eigenvalue weighted by Crippen LogP contribution is -2.13. The molecule has 0 saturated carbocycles. The Hall–Kier alpha value is -1.31. The van der Waals surface area contributed by atoms with Crippen molar-refractivity contribution in [2.75, 3.05) is 0 Å². The van der Waals surface area contributed by atoms with Crippen LogP contribution in [-0.4, -0.2) is 5.91 Å². The van der Waals surface area contributed by atoms with Crippen molar-refractivity contribution >= 4 is 5.91 Å². The zero-order chi connectivity index (χ0) is 13.9. The normalized spacial score (nSPS) is 10.6. The van der Waals surface area contributed by atoms with Crippen molar-refractivity contribution in [3.05, 3.63) is 35.4 Å². The lowest BCUT2D eigenvalue weighted by molar-refractivity contribution is 0.0999. The summed E-state index contributed by atoms with van der Waals surface area (Å²) in [5.41, 5.74) is 7.16. The molecule has 2 nitrogen and oxygen atoms in total. The van der Waals surface area contributed by atoms with Crippen LogP contribution in [0.5, 0.6) is 0 Å². The molecule has 0 heterocycles. The number of benzene rings is 1. The molecule has 1 amide bonds. The van der Waals surface area contributed by atoms with E-state index in [1.807, 2.05) is 24.3 Å². The topological polar surface area (TPSA) is 43.1 Å². The molecule has 0 aliphatic rings. The van der Waals surface area contributed by atoms with Crippen LogP contribution in [-0.2, 0) is 6.42 Å². The predicted molar refractivity (Wildman–Crippen MR) is 81.3 cm³/mol. The zero-order valence-electron chi connectivity index (χ0n) is 12.2. The number of hydrogen-bond acceptors (Lipinski definition) is 1. The Morgan fingerprint density at radius 1 is 0.947 bits per heavy atom. The van der Waals surface area contributed by atoms with Crippen LogP contribution in [0.15, 0.2) is 24.3 Å². The van der Waals surface area contributed by atoms with Crippen LogP contribution in [0.2, 0.25) is 0 Å². The van der Waals surface area contributed by atoms with Gasteiger partial charge in [0.15, 0.2) is 0 Å². The van der Waals surface area contributed by atoms with Crippen molar-refractivity contribution in [1.82, 2.24) is 0 Å². The van der Waals surface area contributed by atoms with Crippen LogP contribution >= 0.6 is 0 Å². The highest BCUT2D eigenvalue weighted by Gasteiger charge is 2.06. The molecule has 1 aromatic carbocycles. The average Bonchev–Trinajstić information content (AvgIpc) is 2.42. The Morgan fingerprint density at radius 3 is 2.16 bits per heavy atom.